The lowest BCUT2D eigenvalue weighted by atomic mass is 10.2. The highest BCUT2D eigenvalue weighted by Gasteiger charge is 2.11. The Bertz CT molecular complexity index is 859. The van der Waals surface area contributed by atoms with Gasteiger partial charge in [-0.15, -0.1) is 0 Å². The van der Waals surface area contributed by atoms with E-state index in [4.69, 9.17) is 20.8 Å². The van der Waals surface area contributed by atoms with Crippen LogP contribution in [-0.2, 0) is 13.2 Å². The summed E-state index contributed by atoms with van der Waals surface area (Å²) in [7, 11) is 0. The molecule has 1 aromatic carbocycles. The maximum absolute atomic E-state index is 12.1. The lowest BCUT2D eigenvalue weighted by Gasteiger charge is -2.06. The summed E-state index contributed by atoms with van der Waals surface area (Å²) in [6.07, 6.45) is 4.42. The fraction of sp³-hybridized carbons (Fsp3) is 0.263. The first-order valence-corrected chi connectivity index (χ1v) is 8.73. The van der Waals surface area contributed by atoms with Crippen LogP contribution in [0, 0.1) is 6.92 Å². The summed E-state index contributed by atoms with van der Waals surface area (Å²) >= 11 is 5.99. The highest BCUT2D eigenvalue weighted by atomic mass is 35.5. The molecule has 0 atom stereocenters. The maximum atomic E-state index is 12.1. The van der Waals surface area contributed by atoms with Gasteiger partial charge in [0.05, 0.1) is 0 Å². The minimum absolute atomic E-state index is 0.237. The second-order valence-electron chi connectivity index (χ2n) is 5.84. The number of halogens is 1. The minimum Gasteiger partial charge on any atom is -0.486 e. The van der Waals surface area contributed by atoms with Crippen molar-refractivity contribution in [3.63, 3.8) is 0 Å². The molecule has 3 rings (SSSR count). The molecule has 136 valence electrons. The number of carbonyl (C=O) groups excluding carboxylic acids is 1. The van der Waals surface area contributed by atoms with E-state index in [0.717, 1.165) is 18.5 Å². The fourth-order valence-corrected chi connectivity index (χ4v) is 2.52. The third-order valence-electron chi connectivity index (χ3n) is 3.80. The molecular formula is C19H20ClN3O3. The van der Waals surface area contributed by atoms with Crippen molar-refractivity contribution in [1.82, 2.24) is 15.1 Å². The van der Waals surface area contributed by atoms with Crippen LogP contribution >= 0.6 is 11.6 Å². The SMILES string of the molecule is Cc1cc(OCc2ccc(C(=O)NCCCn3cccn3)o2)ccc1Cl. The first kappa shape index (κ1) is 18.1. The molecule has 1 amide bonds. The van der Waals surface area contributed by atoms with Crippen molar-refractivity contribution >= 4 is 17.5 Å². The molecular weight excluding hydrogens is 354 g/mol. The Hall–Kier alpha value is -2.73. The Kier molecular flexibility index (Phi) is 5.96. The highest BCUT2D eigenvalue weighted by Crippen LogP contribution is 2.22. The molecule has 2 aromatic heterocycles. The van der Waals surface area contributed by atoms with Gasteiger partial charge in [-0.1, -0.05) is 11.6 Å². The Labute approximate surface area is 156 Å². The van der Waals surface area contributed by atoms with Gasteiger partial charge in [-0.2, -0.15) is 5.10 Å². The monoisotopic (exact) mass is 373 g/mol. The quantitative estimate of drug-likeness (QED) is 0.609. The number of ether oxygens (including phenoxy) is 1. The number of aromatic nitrogens is 2. The van der Waals surface area contributed by atoms with Gasteiger partial charge in [0.2, 0.25) is 0 Å². The van der Waals surface area contributed by atoms with Crippen LogP contribution in [0.15, 0.2) is 53.2 Å². The molecule has 1 N–H and O–H groups in total. The second kappa shape index (κ2) is 8.58. The zero-order valence-corrected chi connectivity index (χ0v) is 15.2. The van der Waals surface area contributed by atoms with Gasteiger partial charge in [-0.25, -0.2) is 0 Å². The van der Waals surface area contributed by atoms with Crippen molar-refractivity contribution in [3.8, 4) is 5.75 Å². The van der Waals surface area contributed by atoms with Gasteiger partial charge >= 0.3 is 0 Å². The van der Waals surface area contributed by atoms with Crippen LogP contribution in [0.3, 0.4) is 0 Å². The van der Waals surface area contributed by atoms with E-state index in [-0.39, 0.29) is 18.3 Å². The smallest absolute Gasteiger partial charge is 0.286 e. The molecule has 3 aromatic rings. The number of carbonyl (C=O) groups is 1. The van der Waals surface area contributed by atoms with Crippen LogP contribution < -0.4 is 10.1 Å². The largest absolute Gasteiger partial charge is 0.486 e. The maximum Gasteiger partial charge on any atom is 0.286 e. The molecule has 0 fully saturated rings. The van der Waals surface area contributed by atoms with E-state index in [2.05, 4.69) is 10.4 Å². The topological polar surface area (TPSA) is 69.3 Å². The molecule has 2 heterocycles. The summed E-state index contributed by atoms with van der Waals surface area (Å²) < 4.78 is 13.0. The van der Waals surface area contributed by atoms with Gasteiger partial charge in [0.15, 0.2) is 5.76 Å². The van der Waals surface area contributed by atoms with Crippen molar-refractivity contribution < 1.29 is 13.9 Å². The average Bonchev–Trinajstić information content (AvgIpc) is 3.31. The fourth-order valence-electron chi connectivity index (χ4n) is 2.40. The van der Waals surface area contributed by atoms with E-state index in [1.54, 1.807) is 30.5 Å². The molecule has 0 unspecified atom stereocenters. The normalized spacial score (nSPS) is 10.7. The number of nitrogens with zero attached hydrogens (tertiary/aromatic N) is 2. The minimum atomic E-state index is -0.237. The number of amides is 1. The predicted octanol–water partition coefficient (Wildman–Crippen LogP) is 3.84. The molecule has 26 heavy (non-hydrogen) atoms. The van der Waals surface area contributed by atoms with Crippen molar-refractivity contribution in [3.05, 3.63) is 70.9 Å². The first-order valence-electron chi connectivity index (χ1n) is 8.35. The third kappa shape index (κ3) is 4.89. The van der Waals surface area contributed by atoms with Crippen LogP contribution in [0.5, 0.6) is 5.75 Å². The zero-order chi connectivity index (χ0) is 18.4. The molecule has 0 aliphatic rings. The average molecular weight is 374 g/mol. The van der Waals surface area contributed by atoms with Gasteiger partial charge in [-0.3, -0.25) is 9.48 Å². The third-order valence-corrected chi connectivity index (χ3v) is 4.23. The summed E-state index contributed by atoms with van der Waals surface area (Å²) in [5.74, 6) is 1.32. The zero-order valence-electron chi connectivity index (χ0n) is 14.4. The summed E-state index contributed by atoms with van der Waals surface area (Å²) in [5.41, 5.74) is 0.943. The molecule has 0 aliphatic carbocycles. The van der Waals surface area contributed by atoms with Crippen molar-refractivity contribution in [2.75, 3.05) is 6.54 Å². The standard InChI is InChI=1S/C19H20ClN3O3/c1-14-12-15(4-6-17(14)20)25-13-16-5-7-18(26-16)19(24)21-8-2-10-23-11-3-9-22-23/h3-7,9,11-12H,2,8,10,13H2,1H3,(H,21,24). The Morgan fingerprint density at radius 2 is 2.23 bits per heavy atom. The molecule has 0 aliphatic heterocycles. The van der Waals surface area contributed by atoms with Crippen LogP contribution in [0.2, 0.25) is 5.02 Å². The second-order valence-corrected chi connectivity index (χ2v) is 6.25. The van der Waals surface area contributed by atoms with Crippen LogP contribution in [-0.4, -0.2) is 22.2 Å². The number of benzene rings is 1. The first-order chi connectivity index (χ1) is 12.6. The lowest BCUT2D eigenvalue weighted by molar-refractivity contribution is 0.0921. The summed E-state index contributed by atoms with van der Waals surface area (Å²) in [4.78, 5) is 12.1. The van der Waals surface area contributed by atoms with E-state index in [1.807, 2.05) is 29.9 Å². The van der Waals surface area contributed by atoms with Gasteiger partial charge in [0.25, 0.3) is 5.91 Å². The Morgan fingerprint density at radius 3 is 3.00 bits per heavy atom. The van der Waals surface area contributed by atoms with Crippen LogP contribution in [0.4, 0.5) is 0 Å². The molecule has 0 saturated heterocycles. The van der Waals surface area contributed by atoms with E-state index in [0.29, 0.717) is 23.1 Å². The Balaban J connectivity index is 1.44. The molecule has 0 radical (unpaired) electrons. The van der Waals surface area contributed by atoms with E-state index < -0.39 is 0 Å². The number of nitrogens with one attached hydrogen (secondary N) is 1. The van der Waals surface area contributed by atoms with Gasteiger partial charge in [0, 0.05) is 30.5 Å². The predicted molar refractivity (Wildman–Crippen MR) is 98.4 cm³/mol. The van der Waals surface area contributed by atoms with Crippen LogP contribution in [0.25, 0.3) is 0 Å². The van der Waals surface area contributed by atoms with Gasteiger partial charge in [0.1, 0.15) is 18.1 Å². The van der Waals surface area contributed by atoms with Gasteiger partial charge < -0.3 is 14.5 Å². The number of hydrogen-bond acceptors (Lipinski definition) is 4. The number of furan rings is 1. The number of rotatable bonds is 8. The van der Waals surface area contributed by atoms with E-state index >= 15 is 0 Å². The molecule has 0 bridgehead atoms. The van der Waals surface area contributed by atoms with Crippen LogP contribution in [0.1, 0.15) is 28.3 Å². The molecule has 0 saturated carbocycles. The molecule has 7 heteroatoms. The van der Waals surface area contributed by atoms with E-state index in [9.17, 15) is 4.79 Å². The van der Waals surface area contributed by atoms with Crippen molar-refractivity contribution in [2.45, 2.75) is 26.5 Å². The number of aryl methyl sites for hydroxylation is 2. The summed E-state index contributed by atoms with van der Waals surface area (Å²) in [6.45, 7) is 3.46. The lowest BCUT2D eigenvalue weighted by Crippen LogP contribution is -2.24. The van der Waals surface area contributed by atoms with Crippen molar-refractivity contribution in [2.24, 2.45) is 0 Å². The number of hydrogen-bond donors (Lipinski definition) is 1. The highest BCUT2D eigenvalue weighted by molar-refractivity contribution is 6.31. The molecule has 6 nitrogen and oxygen atoms in total. The van der Waals surface area contributed by atoms with E-state index in [1.165, 1.54) is 0 Å². The summed E-state index contributed by atoms with van der Waals surface area (Å²) in [5, 5.41) is 7.64. The Morgan fingerprint density at radius 1 is 1.35 bits per heavy atom. The van der Waals surface area contributed by atoms with Crippen molar-refractivity contribution in [1.29, 1.82) is 0 Å². The summed E-state index contributed by atoms with van der Waals surface area (Å²) in [6, 6.07) is 10.7. The molecule has 0 spiro atoms. The van der Waals surface area contributed by atoms with Gasteiger partial charge in [-0.05, 0) is 55.3 Å².